The van der Waals surface area contributed by atoms with Crippen molar-refractivity contribution in [2.45, 2.75) is 19.8 Å². The maximum atomic E-state index is 10.9. The van der Waals surface area contributed by atoms with Crippen LogP contribution in [0.5, 0.6) is 0 Å². The number of hydrogen-bond donors (Lipinski definition) is 1. The smallest absolute Gasteiger partial charge is 0.308 e. The van der Waals surface area contributed by atoms with E-state index in [9.17, 15) is 4.79 Å². The van der Waals surface area contributed by atoms with Crippen LogP contribution >= 0.6 is 0 Å². The Bertz CT molecular complexity index is 308. The molecule has 1 rings (SSSR count). The molecule has 0 spiro atoms. The largest absolute Gasteiger partial charge is 0.481 e. The molecule has 1 aromatic carbocycles. The van der Waals surface area contributed by atoms with Gasteiger partial charge in [0.15, 0.2) is 0 Å². The van der Waals surface area contributed by atoms with Gasteiger partial charge in [0.2, 0.25) is 0 Å². The average molecular weight is 222 g/mol. The van der Waals surface area contributed by atoms with Crippen molar-refractivity contribution in [1.29, 1.82) is 0 Å². The van der Waals surface area contributed by atoms with Crippen LogP contribution in [-0.4, -0.2) is 24.3 Å². The molecule has 0 aliphatic rings. The number of hydrogen-bond acceptors (Lipinski definition) is 2. The summed E-state index contributed by atoms with van der Waals surface area (Å²) in [5, 5.41) is 9.00. The summed E-state index contributed by atoms with van der Waals surface area (Å²) in [4.78, 5) is 10.9. The molecule has 0 heterocycles. The van der Waals surface area contributed by atoms with Crippen molar-refractivity contribution < 1.29 is 14.6 Å². The Morgan fingerprint density at radius 1 is 1.38 bits per heavy atom. The third kappa shape index (κ3) is 4.45. The number of ether oxygens (including phenoxy) is 1. The molecule has 0 fully saturated rings. The van der Waals surface area contributed by atoms with E-state index < -0.39 is 11.9 Å². The average Bonchev–Trinajstić information content (AvgIpc) is 2.30. The lowest BCUT2D eigenvalue weighted by Crippen LogP contribution is -2.20. The van der Waals surface area contributed by atoms with Gasteiger partial charge in [0.05, 0.1) is 12.5 Å². The van der Waals surface area contributed by atoms with Crippen LogP contribution in [0.4, 0.5) is 0 Å². The van der Waals surface area contributed by atoms with Crippen LogP contribution in [0.3, 0.4) is 0 Å². The fourth-order valence-corrected chi connectivity index (χ4v) is 1.52. The van der Waals surface area contributed by atoms with E-state index in [1.807, 2.05) is 37.3 Å². The van der Waals surface area contributed by atoms with E-state index in [4.69, 9.17) is 9.84 Å². The zero-order chi connectivity index (χ0) is 11.8. The van der Waals surface area contributed by atoms with Crippen molar-refractivity contribution >= 4 is 5.97 Å². The summed E-state index contributed by atoms with van der Waals surface area (Å²) in [6, 6.07) is 9.92. The van der Waals surface area contributed by atoms with Gasteiger partial charge < -0.3 is 9.84 Å². The lowest BCUT2D eigenvalue weighted by molar-refractivity contribution is -0.144. The van der Waals surface area contributed by atoms with Gasteiger partial charge in [-0.15, -0.1) is 0 Å². The number of benzene rings is 1. The zero-order valence-electron chi connectivity index (χ0n) is 9.56. The summed E-state index contributed by atoms with van der Waals surface area (Å²) >= 11 is 0. The summed E-state index contributed by atoms with van der Waals surface area (Å²) in [6.07, 6.45) is 1.41. The van der Waals surface area contributed by atoms with Gasteiger partial charge in [0, 0.05) is 6.61 Å². The standard InChI is InChI=1S/C13H18O3/c1-2-16-10-12(13(14)15)9-8-11-6-4-3-5-7-11/h3-7,12H,2,8-10H2,1H3,(H,14,15). The lowest BCUT2D eigenvalue weighted by atomic mass is 10.0. The van der Waals surface area contributed by atoms with Crippen LogP contribution in [0.15, 0.2) is 30.3 Å². The minimum atomic E-state index is -0.774. The van der Waals surface area contributed by atoms with E-state index in [1.165, 1.54) is 5.56 Å². The molecule has 0 radical (unpaired) electrons. The predicted octanol–water partition coefficient (Wildman–Crippen LogP) is 2.36. The Labute approximate surface area is 96.1 Å². The Morgan fingerprint density at radius 3 is 2.62 bits per heavy atom. The fourth-order valence-electron chi connectivity index (χ4n) is 1.52. The van der Waals surface area contributed by atoms with Crippen molar-refractivity contribution in [1.82, 2.24) is 0 Å². The van der Waals surface area contributed by atoms with Crippen LogP contribution in [0.25, 0.3) is 0 Å². The Kier molecular flexibility index (Phi) is 5.57. The maximum Gasteiger partial charge on any atom is 0.308 e. The molecule has 1 unspecified atom stereocenters. The number of aryl methyl sites for hydroxylation is 1. The molecule has 0 saturated heterocycles. The highest BCUT2D eigenvalue weighted by Gasteiger charge is 2.16. The van der Waals surface area contributed by atoms with E-state index in [0.29, 0.717) is 19.6 Å². The van der Waals surface area contributed by atoms with Gasteiger partial charge in [-0.2, -0.15) is 0 Å². The lowest BCUT2D eigenvalue weighted by Gasteiger charge is -2.11. The molecule has 0 saturated carbocycles. The molecular formula is C13H18O3. The van der Waals surface area contributed by atoms with Gasteiger partial charge in [-0.25, -0.2) is 0 Å². The first kappa shape index (κ1) is 12.7. The van der Waals surface area contributed by atoms with Gasteiger partial charge in [-0.1, -0.05) is 30.3 Å². The first-order chi connectivity index (χ1) is 7.74. The highest BCUT2D eigenvalue weighted by atomic mass is 16.5. The van der Waals surface area contributed by atoms with Crippen LogP contribution < -0.4 is 0 Å². The Balaban J connectivity index is 2.41. The van der Waals surface area contributed by atoms with Gasteiger partial charge in [-0.05, 0) is 25.3 Å². The third-order valence-corrected chi connectivity index (χ3v) is 2.50. The normalized spacial score (nSPS) is 12.3. The molecule has 0 aliphatic carbocycles. The molecule has 1 aromatic rings. The fraction of sp³-hybridized carbons (Fsp3) is 0.462. The van der Waals surface area contributed by atoms with Crippen molar-refractivity contribution in [2.75, 3.05) is 13.2 Å². The summed E-state index contributed by atoms with van der Waals surface area (Å²) in [5.74, 6) is -1.18. The van der Waals surface area contributed by atoms with Crippen LogP contribution in [0.2, 0.25) is 0 Å². The summed E-state index contributed by atoms with van der Waals surface area (Å²) in [5.41, 5.74) is 1.17. The monoisotopic (exact) mass is 222 g/mol. The predicted molar refractivity (Wildman–Crippen MR) is 62.4 cm³/mol. The van der Waals surface area contributed by atoms with Crippen LogP contribution in [0, 0.1) is 5.92 Å². The van der Waals surface area contributed by atoms with Crippen molar-refractivity contribution in [3.05, 3.63) is 35.9 Å². The first-order valence-corrected chi connectivity index (χ1v) is 5.58. The van der Waals surface area contributed by atoms with Crippen molar-refractivity contribution in [3.8, 4) is 0 Å². The quantitative estimate of drug-likeness (QED) is 0.770. The first-order valence-electron chi connectivity index (χ1n) is 5.58. The van der Waals surface area contributed by atoms with Gasteiger partial charge in [-0.3, -0.25) is 4.79 Å². The molecule has 88 valence electrons. The Morgan fingerprint density at radius 2 is 2.06 bits per heavy atom. The molecule has 3 nitrogen and oxygen atoms in total. The van der Waals surface area contributed by atoms with E-state index in [2.05, 4.69) is 0 Å². The summed E-state index contributed by atoms with van der Waals surface area (Å²) in [7, 11) is 0. The maximum absolute atomic E-state index is 10.9. The second-order valence-electron chi connectivity index (χ2n) is 3.72. The molecular weight excluding hydrogens is 204 g/mol. The summed E-state index contributed by atoms with van der Waals surface area (Å²) < 4.78 is 5.16. The third-order valence-electron chi connectivity index (χ3n) is 2.50. The molecule has 1 N–H and O–H groups in total. The number of carboxylic acid groups (broad SMARTS) is 1. The number of aliphatic carboxylic acids is 1. The number of carboxylic acids is 1. The number of rotatable bonds is 7. The molecule has 0 amide bonds. The molecule has 0 aliphatic heterocycles. The molecule has 3 heteroatoms. The van der Waals surface area contributed by atoms with Crippen LogP contribution in [0.1, 0.15) is 18.9 Å². The second kappa shape index (κ2) is 7.01. The van der Waals surface area contributed by atoms with Crippen molar-refractivity contribution in [2.24, 2.45) is 5.92 Å². The summed E-state index contributed by atoms with van der Waals surface area (Å²) in [6.45, 7) is 2.74. The van der Waals surface area contributed by atoms with Crippen LogP contribution in [-0.2, 0) is 16.0 Å². The molecule has 16 heavy (non-hydrogen) atoms. The zero-order valence-corrected chi connectivity index (χ0v) is 9.56. The molecule has 1 atom stereocenters. The molecule has 0 aromatic heterocycles. The minimum Gasteiger partial charge on any atom is -0.481 e. The van der Waals surface area contributed by atoms with Gasteiger partial charge in [0.25, 0.3) is 0 Å². The van der Waals surface area contributed by atoms with E-state index >= 15 is 0 Å². The number of carbonyl (C=O) groups is 1. The highest BCUT2D eigenvalue weighted by molar-refractivity contribution is 5.70. The van der Waals surface area contributed by atoms with Gasteiger partial charge >= 0.3 is 5.97 Å². The second-order valence-corrected chi connectivity index (χ2v) is 3.72. The minimum absolute atomic E-state index is 0.304. The highest BCUT2D eigenvalue weighted by Crippen LogP contribution is 2.10. The Hall–Kier alpha value is -1.35. The molecule has 0 bridgehead atoms. The topological polar surface area (TPSA) is 46.5 Å². The van der Waals surface area contributed by atoms with E-state index in [1.54, 1.807) is 0 Å². The SMILES string of the molecule is CCOCC(CCc1ccccc1)C(=O)O. The van der Waals surface area contributed by atoms with E-state index in [0.717, 1.165) is 6.42 Å². The van der Waals surface area contributed by atoms with Gasteiger partial charge in [0.1, 0.15) is 0 Å². The van der Waals surface area contributed by atoms with E-state index in [-0.39, 0.29) is 0 Å². The van der Waals surface area contributed by atoms with Crippen molar-refractivity contribution in [3.63, 3.8) is 0 Å².